The van der Waals surface area contributed by atoms with Crippen molar-refractivity contribution >= 4 is 21.9 Å². The Labute approximate surface area is 113 Å². The molecule has 18 heavy (non-hydrogen) atoms. The Balaban J connectivity index is 2.19. The quantitative estimate of drug-likeness (QED) is 0.909. The van der Waals surface area contributed by atoms with Crippen molar-refractivity contribution in [3.05, 3.63) is 46.6 Å². The molecule has 0 fully saturated rings. The van der Waals surface area contributed by atoms with Gasteiger partial charge in [-0.25, -0.2) is 0 Å². The molecule has 2 rings (SSSR count). The number of aliphatic carboxylic acids is 1. The summed E-state index contributed by atoms with van der Waals surface area (Å²) < 4.78 is 6.56. The minimum absolute atomic E-state index is 0.146. The molecular formula is C13H12BrNO3. The number of hydrogen-bond acceptors (Lipinski definition) is 3. The first-order chi connectivity index (χ1) is 8.56. The summed E-state index contributed by atoms with van der Waals surface area (Å²) in [5.41, 5.74) is 6.65. The molecule has 1 aromatic heterocycles. The van der Waals surface area contributed by atoms with E-state index < -0.39 is 12.0 Å². The van der Waals surface area contributed by atoms with Crippen LogP contribution in [-0.2, 0) is 4.79 Å². The van der Waals surface area contributed by atoms with Crippen molar-refractivity contribution in [3.63, 3.8) is 0 Å². The van der Waals surface area contributed by atoms with Gasteiger partial charge in [0.05, 0.1) is 12.5 Å². The number of rotatable bonds is 4. The maximum atomic E-state index is 10.6. The minimum Gasteiger partial charge on any atom is -0.481 e. The van der Waals surface area contributed by atoms with Crippen LogP contribution in [0.25, 0.3) is 11.3 Å². The van der Waals surface area contributed by atoms with Crippen molar-refractivity contribution in [3.8, 4) is 11.3 Å². The van der Waals surface area contributed by atoms with Crippen LogP contribution in [0, 0.1) is 0 Å². The van der Waals surface area contributed by atoms with E-state index in [9.17, 15) is 4.79 Å². The standard InChI is InChI=1S/C13H12BrNO3/c14-9-3-1-8(2-4-9)11-5-6-12(18-11)10(15)7-13(16)17/h1-6,10H,7,15H2,(H,16,17)/t10-/m1/s1. The Bertz CT molecular complexity index is 548. The summed E-state index contributed by atoms with van der Waals surface area (Å²) in [6.07, 6.45) is -0.146. The molecule has 0 aliphatic carbocycles. The van der Waals surface area contributed by atoms with Crippen molar-refractivity contribution in [2.24, 2.45) is 5.73 Å². The number of hydrogen-bond donors (Lipinski definition) is 2. The highest BCUT2D eigenvalue weighted by atomic mass is 79.9. The van der Waals surface area contributed by atoms with Gasteiger partial charge in [0.1, 0.15) is 11.5 Å². The predicted molar refractivity (Wildman–Crippen MR) is 71.0 cm³/mol. The summed E-state index contributed by atoms with van der Waals surface area (Å²) in [5, 5.41) is 8.67. The van der Waals surface area contributed by atoms with E-state index in [1.165, 1.54) is 0 Å². The summed E-state index contributed by atoms with van der Waals surface area (Å²) in [4.78, 5) is 10.6. The van der Waals surface area contributed by atoms with Crippen LogP contribution in [0.4, 0.5) is 0 Å². The number of halogens is 1. The van der Waals surface area contributed by atoms with Crippen LogP contribution in [0.3, 0.4) is 0 Å². The van der Waals surface area contributed by atoms with Gasteiger partial charge in [0.2, 0.25) is 0 Å². The first kappa shape index (κ1) is 12.9. The molecular weight excluding hydrogens is 298 g/mol. The number of furan rings is 1. The Hall–Kier alpha value is -1.59. The van der Waals surface area contributed by atoms with E-state index in [2.05, 4.69) is 15.9 Å². The Kier molecular flexibility index (Phi) is 3.84. The van der Waals surface area contributed by atoms with Crippen LogP contribution in [0.15, 0.2) is 45.3 Å². The third-order valence-electron chi connectivity index (χ3n) is 2.52. The normalized spacial score (nSPS) is 12.3. The third kappa shape index (κ3) is 3.00. The van der Waals surface area contributed by atoms with E-state index >= 15 is 0 Å². The molecule has 5 heteroatoms. The van der Waals surface area contributed by atoms with Crippen LogP contribution < -0.4 is 5.73 Å². The molecule has 0 saturated carbocycles. The molecule has 94 valence electrons. The average molecular weight is 310 g/mol. The fourth-order valence-electron chi connectivity index (χ4n) is 1.61. The maximum absolute atomic E-state index is 10.6. The Morgan fingerprint density at radius 2 is 1.94 bits per heavy atom. The van der Waals surface area contributed by atoms with Gasteiger partial charge in [-0.1, -0.05) is 28.1 Å². The van der Waals surface area contributed by atoms with E-state index in [0.717, 1.165) is 10.0 Å². The monoisotopic (exact) mass is 309 g/mol. The minimum atomic E-state index is -0.941. The largest absolute Gasteiger partial charge is 0.481 e. The number of carbonyl (C=O) groups is 1. The number of nitrogens with two attached hydrogens (primary N) is 1. The molecule has 2 aromatic rings. The zero-order chi connectivity index (χ0) is 13.1. The second-order valence-corrected chi connectivity index (χ2v) is 4.83. The Morgan fingerprint density at radius 3 is 2.56 bits per heavy atom. The lowest BCUT2D eigenvalue weighted by Crippen LogP contribution is -2.14. The van der Waals surface area contributed by atoms with E-state index in [1.54, 1.807) is 12.1 Å². The van der Waals surface area contributed by atoms with Gasteiger partial charge >= 0.3 is 5.97 Å². The zero-order valence-electron chi connectivity index (χ0n) is 9.47. The molecule has 0 radical (unpaired) electrons. The van der Waals surface area contributed by atoms with Gasteiger partial charge in [-0.05, 0) is 24.3 Å². The van der Waals surface area contributed by atoms with E-state index in [1.807, 2.05) is 24.3 Å². The van der Waals surface area contributed by atoms with Gasteiger partial charge in [-0.15, -0.1) is 0 Å². The Morgan fingerprint density at radius 1 is 1.28 bits per heavy atom. The molecule has 0 spiro atoms. The van der Waals surface area contributed by atoms with Crippen molar-refractivity contribution < 1.29 is 14.3 Å². The maximum Gasteiger partial charge on any atom is 0.305 e. The lowest BCUT2D eigenvalue weighted by atomic mass is 10.1. The molecule has 0 saturated heterocycles. The molecule has 1 atom stereocenters. The van der Waals surface area contributed by atoms with E-state index in [0.29, 0.717) is 11.5 Å². The fraction of sp³-hybridized carbons (Fsp3) is 0.154. The summed E-state index contributed by atoms with van der Waals surface area (Å²) in [6.45, 7) is 0. The summed E-state index contributed by atoms with van der Waals surface area (Å²) in [6, 6.07) is 10.5. The highest BCUT2D eigenvalue weighted by Crippen LogP contribution is 2.26. The summed E-state index contributed by atoms with van der Waals surface area (Å²) >= 11 is 3.36. The average Bonchev–Trinajstić information content (AvgIpc) is 2.78. The van der Waals surface area contributed by atoms with E-state index in [4.69, 9.17) is 15.3 Å². The fourth-order valence-corrected chi connectivity index (χ4v) is 1.87. The lowest BCUT2D eigenvalue weighted by Gasteiger charge is -2.04. The molecule has 0 aliphatic rings. The van der Waals surface area contributed by atoms with Gasteiger partial charge in [0, 0.05) is 10.0 Å². The predicted octanol–water partition coefficient (Wildman–Crippen LogP) is 3.18. The molecule has 0 aliphatic heterocycles. The van der Waals surface area contributed by atoms with Crippen LogP contribution >= 0.6 is 15.9 Å². The molecule has 0 unspecified atom stereocenters. The highest BCUT2D eigenvalue weighted by Gasteiger charge is 2.15. The highest BCUT2D eigenvalue weighted by molar-refractivity contribution is 9.10. The van der Waals surface area contributed by atoms with Crippen molar-refractivity contribution in [2.45, 2.75) is 12.5 Å². The number of carboxylic acids is 1. The van der Waals surface area contributed by atoms with Gasteiger partial charge in [0.15, 0.2) is 0 Å². The molecule has 1 heterocycles. The summed E-state index contributed by atoms with van der Waals surface area (Å²) in [7, 11) is 0. The van der Waals surface area contributed by atoms with Gasteiger partial charge < -0.3 is 15.3 Å². The first-order valence-corrected chi connectivity index (χ1v) is 6.18. The van der Waals surface area contributed by atoms with Crippen LogP contribution in [0.2, 0.25) is 0 Å². The topological polar surface area (TPSA) is 76.5 Å². The van der Waals surface area contributed by atoms with Gasteiger partial charge in [-0.3, -0.25) is 4.79 Å². The van der Waals surface area contributed by atoms with Crippen molar-refractivity contribution in [1.82, 2.24) is 0 Å². The van der Waals surface area contributed by atoms with E-state index in [-0.39, 0.29) is 6.42 Å². The SMILES string of the molecule is N[C@H](CC(=O)O)c1ccc(-c2ccc(Br)cc2)o1. The van der Waals surface area contributed by atoms with Gasteiger partial charge in [0.25, 0.3) is 0 Å². The lowest BCUT2D eigenvalue weighted by molar-refractivity contribution is -0.137. The zero-order valence-corrected chi connectivity index (χ0v) is 11.1. The second-order valence-electron chi connectivity index (χ2n) is 3.91. The third-order valence-corrected chi connectivity index (χ3v) is 3.04. The molecule has 4 nitrogen and oxygen atoms in total. The molecule has 1 aromatic carbocycles. The number of carboxylic acid groups (broad SMARTS) is 1. The van der Waals surface area contributed by atoms with Crippen molar-refractivity contribution in [1.29, 1.82) is 0 Å². The van der Waals surface area contributed by atoms with Crippen LogP contribution in [-0.4, -0.2) is 11.1 Å². The van der Waals surface area contributed by atoms with Crippen LogP contribution in [0.1, 0.15) is 18.2 Å². The number of benzene rings is 1. The molecule has 3 N–H and O–H groups in total. The van der Waals surface area contributed by atoms with Crippen LogP contribution in [0.5, 0.6) is 0 Å². The summed E-state index contributed by atoms with van der Waals surface area (Å²) in [5.74, 6) is 0.220. The smallest absolute Gasteiger partial charge is 0.305 e. The van der Waals surface area contributed by atoms with Crippen molar-refractivity contribution in [2.75, 3.05) is 0 Å². The van der Waals surface area contributed by atoms with Gasteiger partial charge in [-0.2, -0.15) is 0 Å². The second kappa shape index (κ2) is 5.37. The molecule has 0 amide bonds. The first-order valence-electron chi connectivity index (χ1n) is 5.39. The molecule has 0 bridgehead atoms.